The quantitative estimate of drug-likeness (QED) is 0.165. The Morgan fingerprint density at radius 1 is 0.941 bits per heavy atom. The van der Waals surface area contributed by atoms with Crippen molar-refractivity contribution in [2.45, 2.75) is 44.5 Å². The predicted octanol–water partition coefficient (Wildman–Crippen LogP) is 7.16. The summed E-state index contributed by atoms with van der Waals surface area (Å²) < 4.78 is 0.726. The van der Waals surface area contributed by atoms with Crippen molar-refractivity contribution in [3.8, 4) is 0 Å². The van der Waals surface area contributed by atoms with Gasteiger partial charge in [-0.25, -0.2) is 0 Å². The second-order valence-electron chi connectivity index (χ2n) is 13.6. The Labute approximate surface area is 304 Å². The number of hydrogen-bond acceptors (Lipinski definition) is 5. The van der Waals surface area contributed by atoms with Crippen molar-refractivity contribution in [2.24, 2.45) is 5.92 Å². The molecule has 9 heteroatoms. The van der Waals surface area contributed by atoms with Crippen molar-refractivity contribution in [1.29, 1.82) is 0 Å². The average molecular weight is 743 g/mol. The first kappa shape index (κ1) is 33.1. The molecule has 5 aromatic rings. The van der Waals surface area contributed by atoms with Gasteiger partial charge in [0.1, 0.15) is 0 Å². The molecule has 0 unspecified atom stereocenters. The summed E-state index contributed by atoms with van der Waals surface area (Å²) in [6.07, 6.45) is 4.10. The number of aliphatic hydroxyl groups excluding tert-OH is 1. The molecule has 256 valence electrons. The van der Waals surface area contributed by atoms with Crippen molar-refractivity contribution in [1.82, 2.24) is 4.90 Å². The van der Waals surface area contributed by atoms with Crippen LogP contribution in [0.25, 0.3) is 10.8 Å². The Morgan fingerprint density at radius 2 is 1.71 bits per heavy atom. The molecular formula is C42H36BrN3O5. The molecule has 0 saturated carbocycles. The van der Waals surface area contributed by atoms with Gasteiger partial charge in [-0.2, -0.15) is 0 Å². The monoisotopic (exact) mass is 741 g/mol. The number of nitrogens with zero attached hydrogens (tertiary/aromatic N) is 3. The van der Waals surface area contributed by atoms with Gasteiger partial charge in [-0.1, -0.05) is 95.7 Å². The Hall–Kier alpha value is -5.09. The number of aliphatic hydroxyl groups is 2. The fraction of sp³-hybridized carbons (Fsp3) is 0.214. The SMILES string of the molecule is C[C@H](/C=C/CC(=O)N1Cc2ccccc2C[C@H]1CO)[C@@]1(O)C(=O)N(Cc2cccc(N3C(=O)c4cccc5cccc3c45)c2)c2ccc(Br)cc21. The van der Waals surface area contributed by atoms with Gasteiger partial charge < -0.3 is 20.0 Å². The molecule has 3 heterocycles. The van der Waals surface area contributed by atoms with Crippen LogP contribution >= 0.6 is 15.9 Å². The van der Waals surface area contributed by atoms with Gasteiger partial charge >= 0.3 is 0 Å². The summed E-state index contributed by atoms with van der Waals surface area (Å²) in [7, 11) is 0. The lowest BCUT2D eigenvalue weighted by molar-refractivity contribution is -0.139. The molecule has 0 spiro atoms. The smallest absolute Gasteiger partial charge is 0.264 e. The lowest BCUT2D eigenvalue weighted by Crippen LogP contribution is -2.46. The van der Waals surface area contributed by atoms with Crippen LogP contribution in [-0.4, -0.2) is 45.5 Å². The van der Waals surface area contributed by atoms with Gasteiger partial charge in [0.25, 0.3) is 11.8 Å². The lowest BCUT2D eigenvalue weighted by Gasteiger charge is -2.36. The molecule has 0 aromatic heterocycles. The average Bonchev–Trinajstić information content (AvgIpc) is 3.55. The van der Waals surface area contributed by atoms with Crippen LogP contribution in [-0.2, 0) is 34.7 Å². The molecular weight excluding hydrogens is 706 g/mol. The van der Waals surface area contributed by atoms with Crippen LogP contribution in [0.1, 0.15) is 46.0 Å². The van der Waals surface area contributed by atoms with E-state index >= 15 is 0 Å². The zero-order chi connectivity index (χ0) is 35.4. The number of anilines is 3. The van der Waals surface area contributed by atoms with Crippen molar-refractivity contribution >= 4 is 61.5 Å². The molecule has 5 aromatic carbocycles. The summed E-state index contributed by atoms with van der Waals surface area (Å²) in [5, 5.41) is 24.2. The molecule has 0 aliphatic carbocycles. The van der Waals surface area contributed by atoms with Crippen molar-refractivity contribution in [3.05, 3.63) is 148 Å². The van der Waals surface area contributed by atoms with Gasteiger partial charge in [0.2, 0.25) is 5.91 Å². The van der Waals surface area contributed by atoms with Gasteiger partial charge in [0, 0.05) is 40.0 Å². The normalized spacial score (nSPS) is 20.0. The van der Waals surface area contributed by atoms with E-state index in [4.69, 9.17) is 0 Å². The second-order valence-corrected chi connectivity index (χ2v) is 14.5. The van der Waals surface area contributed by atoms with E-state index < -0.39 is 17.4 Å². The molecule has 3 amide bonds. The topological polar surface area (TPSA) is 101 Å². The molecule has 8 nitrogen and oxygen atoms in total. The molecule has 2 N–H and O–H groups in total. The first-order valence-corrected chi connectivity index (χ1v) is 17.9. The van der Waals surface area contributed by atoms with Crippen LogP contribution in [0.2, 0.25) is 0 Å². The third kappa shape index (κ3) is 5.47. The summed E-state index contributed by atoms with van der Waals surface area (Å²) in [5.41, 5.74) is 4.38. The Balaban J connectivity index is 1.03. The van der Waals surface area contributed by atoms with Gasteiger partial charge in [-0.05, 0) is 71.0 Å². The van der Waals surface area contributed by atoms with Gasteiger partial charge in [-0.15, -0.1) is 0 Å². The molecule has 3 aliphatic heterocycles. The van der Waals surface area contributed by atoms with Crippen molar-refractivity contribution in [2.75, 3.05) is 16.4 Å². The maximum Gasteiger partial charge on any atom is 0.264 e. The third-order valence-electron chi connectivity index (χ3n) is 10.6. The molecule has 51 heavy (non-hydrogen) atoms. The van der Waals surface area contributed by atoms with Gasteiger partial charge in [0.05, 0.1) is 36.1 Å². The van der Waals surface area contributed by atoms with E-state index in [1.165, 1.54) is 0 Å². The zero-order valence-corrected chi connectivity index (χ0v) is 29.6. The van der Waals surface area contributed by atoms with E-state index in [2.05, 4.69) is 15.9 Å². The fourth-order valence-electron chi connectivity index (χ4n) is 7.90. The maximum absolute atomic E-state index is 14.3. The maximum atomic E-state index is 14.3. The van der Waals surface area contributed by atoms with E-state index in [9.17, 15) is 24.6 Å². The summed E-state index contributed by atoms with van der Waals surface area (Å²) in [5.74, 6) is -1.36. The summed E-state index contributed by atoms with van der Waals surface area (Å²) in [6, 6.07) is 32.3. The second kappa shape index (κ2) is 12.9. The predicted molar refractivity (Wildman–Crippen MR) is 201 cm³/mol. The fourth-order valence-corrected chi connectivity index (χ4v) is 8.26. The highest BCUT2D eigenvalue weighted by Crippen LogP contribution is 2.47. The molecule has 0 fully saturated rings. The number of fused-ring (bicyclic) bond motifs is 2. The largest absolute Gasteiger partial charge is 0.394 e. The number of carbonyl (C=O) groups excluding carboxylic acids is 3. The van der Waals surface area contributed by atoms with Crippen LogP contribution in [0.15, 0.2) is 120 Å². The molecule has 3 aliphatic rings. The van der Waals surface area contributed by atoms with Crippen LogP contribution in [0.5, 0.6) is 0 Å². The first-order chi connectivity index (χ1) is 24.7. The number of hydrogen-bond donors (Lipinski definition) is 2. The Bertz CT molecular complexity index is 2260. The molecule has 3 atom stereocenters. The lowest BCUT2D eigenvalue weighted by atomic mass is 9.83. The van der Waals surface area contributed by atoms with Crippen LogP contribution in [0.4, 0.5) is 17.1 Å². The van der Waals surface area contributed by atoms with E-state index in [1.807, 2.05) is 97.1 Å². The van der Waals surface area contributed by atoms with E-state index in [0.29, 0.717) is 35.5 Å². The highest BCUT2D eigenvalue weighted by Gasteiger charge is 2.52. The molecule has 8 rings (SSSR count). The number of carbonyl (C=O) groups is 3. The van der Waals surface area contributed by atoms with Crippen LogP contribution in [0, 0.1) is 5.92 Å². The minimum absolute atomic E-state index is 0.0714. The Morgan fingerprint density at radius 3 is 2.51 bits per heavy atom. The van der Waals surface area contributed by atoms with Crippen LogP contribution in [0.3, 0.4) is 0 Å². The first-order valence-electron chi connectivity index (χ1n) is 17.1. The molecule has 0 bridgehead atoms. The van der Waals surface area contributed by atoms with Crippen molar-refractivity contribution < 1.29 is 24.6 Å². The highest BCUT2D eigenvalue weighted by atomic mass is 79.9. The number of amides is 3. The summed E-state index contributed by atoms with van der Waals surface area (Å²) in [6.45, 7) is 2.25. The number of halogens is 1. The zero-order valence-electron chi connectivity index (χ0n) is 28.0. The van der Waals surface area contributed by atoms with E-state index in [-0.39, 0.29) is 37.4 Å². The van der Waals surface area contributed by atoms with Gasteiger partial charge in [-0.3, -0.25) is 19.3 Å². The summed E-state index contributed by atoms with van der Waals surface area (Å²) >= 11 is 3.52. The minimum Gasteiger partial charge on any atom is -0.394 e. The van der Waals surface area contributed by atoms with Gasteiger partial charge in [0.15, 0.2) is 5.60 Å². The minimum atomic E-state index is -1.88. The summed E-state index contributed by atoms with van der Waals surface area (Å²) in [4.78, 5) is 46.3. The standard InChI is InChI=1S/C42H36BrN3O5/c1-26(8-4-17-38(48)44-24-30-11-3-2-10-29(30)21-33(44)25-47)42(51)35-22-31(43)18-19-36(35)45(41(42)50)23-27-9-5-14-32(20-27)46-37-16-7-13-28-12-6-15-34(39(28)37)40(46)49/h2-16,18-20,22,26,33,47,51H,17,21,23-25H2,1H3/b8-4+/t26-,33+,42+/m1/s1. The molecule has 0 radical (unpaired) electrons. The van der Waals surface area contributed by atoms with E-state index in [0.717, 1.165) is 37.6 Å². The van der Waals surface area contributed by atoms with E-state index in [1.54, 1.807) is 39.8 Å². The van der Waals surface area contributed by atoms with Crippen molar-refractivity contribution in [3.63, 3.8) is 0 Å². The highest BCUT2D eigenvalue weighted by molar-refractivity contribution is 9.10. The number of benzene rings is 5. The third-order valence-corrected chi connectivity index (χ3v) is 11.1. The van der Waals surface area contributed by atoms with Crippen LogP contribution < -0.4 is 9.80 Å². The number of rotatable bonds is 8. The molecule has 0 saturated heterocycles. The Kier molecular flexibility index (Phi) is 8.37.